The van der Waals surface area contributed by atoms with Gasteiger partial charge in [0.15, 0.2) is 0 Å². The van der Waals surface area contributed by atoms with Crippen molar-refractivity contribution in [1.29, 1.82) is 0 Å². The van der Waals surface area contributed by atoms with Gasteiger partial charge in [-0.05, 0) is 63.6 Å². The molecule has 1 saturated carbocycles. The van der Waals surface area contributed by atoms with Crippen LogP contribution in [0.4, 0.5) is 0 Å². The molecule has 0 unspecified atom stereocenters. The molecule has 0 spiro atoms. The molecule has 0 atom stereocenters. The van der Waals surface area contributed by atoms with Gasteiger partial charge in [-0.3, -0.25) is 9.59 Å². The van der Waals surface area contributed by atoms with E-state index in [1.807, 2.05) is 11.0 Å². The molecule has 0 radical (unpaired) electrons. The van der Waals surface area contributed by atoms with E-state index in [1.165, 1.54) is 0 Å². The maximum Gasteiger partial charge on any atom is 0.246 e. The lowest BCUT2D eigenvalue weighted by Crippen LogP contribution is -2.50. The van der Waals surface area contributed by atoms with Gasteiger partial charge in [0, 0.05) is 31.1 Å². The van der Waals surface area contributed by atoms with E-state index in [1.54, 1.807) is 6.08 Å². The van der Waals surface area contributed by atoms with Crippen LogP contribution in [-0.2, 0) is 9.59 Å². The number of allylic oxidation sites excluding steroid dienone is 1. The highest BCUT2D eigenvalue weighted by atomic mass is 16.2. The van der Waals surface area contributed by atoms with Gasteiger partial charge >= 0.3 is 0 Å². The van der Waals surface area contributed by atoms with Crippen molar-refractivity contribution in [1.82, 2.24) is 15.1 Å². The fraction of sp³-hybridized carbons (Fsp3) is 0.800. The second kappa shape index (κ2) is 8.35. The fourth-order valence-corrected chi connectivity index (χ4v) is 3.91. The predicted molar refractivity (Wildman–Crippen MR) is 99.0 cm³/mol. The van der Waals surface area contributed by atoms with Gasteiger partial charge in [0.2, 0.25) is 11.8 Å². The Morgan fingerprint density at radius 3 is 2.16 bits per heavy atom. The zero-order valence-electron chi connectivity index (χ0n) is 15.7. The highest BCUT2D eigenvalue weighted by Gasteiger charge is 2.33. The molecule has 3 fully saturated rings. The summed E-state index contributed by atoms with van der Waals surface area (Å²) in [4.78, 5) is 28.9. The number of carbonyl (C=O) groups excluding carboxylic acids is 2. The summed E-state index contributed by atoms with van der Waals surface area (Å²) in [6.45, 7) is 7.93. The minimum absolute atomic E-state index is 0.155. The molecular formula is C20H33N3O2. The number of nitrogens with one attached hydrogen (secondary N) is 1. The Kier molecular flexibility index (Phi) is 6.15. The van der Waals surface area contributed by atoms with Crippen molar-refractivity contribution in [3.8, 4) is 0 Å². The molecule has 3 rings (SSSR count). The Labute approximate surface area is 151 Å². The zero-order chi connectivity index (χ0) is 17.8. The van der Waals surface area contributed by atoms with Crippen LogP contribution in [0.1, 0.15) is 52.4 Å². The molecule has 5 nitrogen and oxygen atoms in total. The van der Waals surface area contributed by atoms with Crippen molar-refractivity contribution in [2.75, 3.05) is 26.2 Å². The van der Waals surface area contributed by atoms with Crippen molar-refractivity contribution in [2.24, 2.45) is 11.8 Å². The van der Waals surface area contributed by atoms with Crippen molar-refractivity contribution in [3.05, 3.63) is 12.2 Å². The Balaban J connectivity index is 1.38. The van der Waals surface area contributed by atoms with Gasteiger partial charge in [-0.2, -0.15) is 0 Å². The average Bonchev–Trinajstić information content (AvgIpc) is 3.44. The zero-order valence-corrected chi connectivity index (χ0v) is 15.7. The molecule has 5 heteroatoms. The SMILES string of the molecule is CC(C)C=CC(=O)N1CCC(N2CCC(C(=O)NC3CC3)CC2)CC1. The first-order valence-electron chi connectivity index (χ1n) is 10.0. The second-order valence-corrected chi connectivity index (χ2v) is 8.25. The molecule has 0 bridgehead atoms. The Morgan fingerprint density at radius 2 is 1.60 bits per heavy atom. The molecule has 0 aromatic rings. The summed E-state index contributed by atoms with van der Waals surface area (Å²) in [5.41, 5.74) is 0. The number of likely N-dealkylation sites (tertiary alicyclic amines) is 2. The lowest BCUT2D eigenvalue weighted by molar-refractivity contribution is -0.129. The molecule has 25 heavy (non-hydrogen) atoms. The number of rotatable bonds is 5. The summed E-state index contributed by atoms with van der Waals surface area (Å²) in [6.07, 6.45) is 10.1. The van der Waals surface area contributed by atoms with Crippen molar-refractivity contribution in [3.63, 3.8) is 0 Å². The van der Waals surface area contributed by atoms with Gasteiger partial charge in [0.1, 0.15) is 0 Å². The molecule has 0 aromatic carbocycles. The van der Waals surface area contributed by atoms with Crippen LogP contribution in [0.5, 0.6) is 0 Å². The van der Waals surface area contributed by atoms with Crippen molar-refractivity contribution >= 4 is 11.8 Å². The minimum Gasteiger partial charge on any atom is -0.353 e. The molecule has 2 heterocycles. The number of piperidine rings is 2. The van der Waals surface area contributed by atoms with Gasteiger partial charge in [-0.25, -0.2) is 0 Å². The first-order chi connectivity index (χ1) is 12.0. The van der Waals surface area contributed by atoms with Gasteiger partial charge < -0.3 is 15.1 Å². The van der Waals surface area contributed by atoms with E-state index in [0.717, 1.165) is 64.7 Å². The van der Waals surface area contributed by atoms with E-state index in [4.69, 9.17) is 0 Å². The lowest BCUT2D eigenvalue weighted by atomic mass is 9.92. The predicted octanol–water partition coefficient (Wildman–Crippen LogP) is 2.18. The number of hydrogen-bond donors (Lipinski definition) is 1. The average molecular weight is 348 g/mol. The minimum atomic E-state index is 0.155. The van der Waals surface area contributed by atoms with E-state index in [-0.39, 0.29) is 17.7 Å². The first kappa shape index (κ1) is 18.4. The molecule has 140 valence electrons. The molecule has 3 aliphatic rings. The van der Waals surface area contributed by atoms with E-state index in [0.29, 0.717) is 18.0 Å². The van der Waals surface area contributed by atoms with E-state index in [9.17, 15) is 9.59 Å². The molecule has 2 aliphatic heterocycles. The number of amides is 2. The normalized spacial score (nSPS) is 24.2. The van der Waals surface area contributed by atoms with Crippen molar-refractivity contribution < 1.29 is 9.59 Å². The van der Waals surface area contributed by atoms with Crippen LogP contribution in [0.25, 0.3) is 0 Å². The topological polar surface area (TPSA) is 52.7 Å². The summed E-state index contributed by atoms with van der Waals surface area (Å²) in [5, 5.41) is 3.15. The third-order valence-electron chi connectivity index (χ3n) is 5.74. The molecule has 1 aliphatic carbocycles. The second-order valence-electron chi connectivity index (χ2n) is 8.25. The number of carbonyl (C=O) groups is 2. The summed E-state index contributed by atoms with van der Waals surface area (Å²) < 4.78 is 0. The fourth-order valence-electron chi connectivity index (χ4n) is 3.91. The Morgan fingerprint density at radius 1 is 0.960 bits per heavy atom. The lowest BCUT2D eigenvalue weighted by Gasteiger charge is -2.41. The molecular weight excluding hydrogens is 314 g/mol. The summed E-state index contributed by atoms with van der Waals surface area (Å²) in [6, 6.07) is 1.04. The smallest absolute Gasteiger partial charge is 0.246 e. The van der Waals surface area contributed by atoms with Gasteiger partial charge in [-0.1, -0.05) is 19.9 Å². The first-order valence-corrected chi connectivity index (χ1v) is 10.0. The van der Waals surface area contributed by atoms with Gasteiger partial charge in [0.25, 0.3) is 0 Å². The largest absolute Gasteiger partial charge is 0.353 e. The highest BCUT2D eigenvalue weighted by Crippen LogP contribution is 2.26. The van der Waals surface area contributed by atoms with E-state index in [2.05, 4.69) is 24.1 Å². The van der Waals surface area contributed by atoms with Gasteiger partial charge in [0.05, 0.1) is 0 Å². The van der Waals surface area contributed by atoms with Gasteiger partial charge in [-0.15, -0.1) is 0 Å². The molecule has 2 saturated heterocycles. The monoisotopic (exact) mass is 347 g/mol. The van der Waals surface area contributed by atoms with Crippen LogP contribution >= 0.6 is 0 Å². The molecule has 0 aromatic heterocycles. The number of hydrogen-bond acceptors (Lipinski definition) is 3. The van der Waals surface area contributed by atoms with E-state index >= 15 is 0 Å². The van der Waals surface area contributed by atoms with Crippen molar-refractivity contribution in [2.45, 2.75) is 64.5 Å². The van der Waals surface area contributed by atoms with Crippen LogP contribution in [0.15, 0.2) is 12.2 Å². The maximum atomic E-state index is 12.2. The molecule has 2 amide bonds. The third-order valence-corrected chi connectivity index (χ3v) is 5.74. The van der Waals surface area contributed by atoms with E-state index < -0.39 is 0 Å². The maximum absolute atomic E-state index is 12.2. The Hall–Kier alpha value is -1.36. The van der Waals surface area contributed by atoms with Crippen LogP contribution in [0.2, 0.25) is 0 Å². The third kappa shape index (κ3) is 5.30. The number of nitrogens with zero attached hydrogens (tertiary/aromatic N) is 2. The van der Waals surface area contributed by atoms with Crippen LogP contribution < -0.4 is 5.32 Å². The summed E-state index contributed by atoms with van der Waals surface area (Å²) >= 11 is 0. The highest BCUT2D eigenvalue weighted by molar-refractivity contribution is 5.87. The summed E-state index contributed by atoms with van der Waals surface area (Å²) in [7, 11) is 0. The molecule has 1 N–H and O–H groups in total. The Bertz CT molecular complexity index is 497. The van der Waals surface area contributed by atoms with Crippen LogP contribution in [-0.4, -0.2) is 59.9 Å². The van der Waals surface area contributed by atoms with Crippen LogP contribution in [0.3, 0.4) is 0 Å². The van der Waals surface area contributed by atoms with Crippen LogP contribution in [0, 0.1) is 11.8 Å². The quantitative estimate of drug-likeness (QED) is 0.776. The summed E-state index contributed by atoms with van der Waals surface area (Å²) in [5.74, 6) is 1.06. The standard InChI is InChI=1S/C20H33N3O2/c1-15(2)3-6-19(24)23-13-9-18(10-14-23)22-11-7-16(8-12-22)20(25)21-17-4-5-17/h3,6,15-18H,4-5,7-14H2,1-2H3,(H,21,25).